The van der Waals surface area contributed by atoms with E-state index in [1.165, 1.54) is 50.7 Å². The van der Waals surface area contributed by atoms with Crippen LogP contribution in [0.3, 0.4) is 0 Å². The number of pyridine rings is 1. The van der Waals surface area contributed by atoms with Crippen molar-refractivity contribution in [3.8, 4) is 5.75 Å². The number of aromatic nitrogens is 1. The Kier molecular flexibility index (Phi) is 8.15. The summed E-state index contributed by atoms with van der Waals surface area (Å²) in [6.07, 6.45) is 1.96. The van der Waals surface area contributed by atoms with Crippen molar-refractivity contribution >= 4 is 52.4 Å². The number of methoxy groups -OCH3 is 2. The third kappa shape index (κ3) is 5.32. The van der Waals surface area contributed by atoms with E-state index in [4.69, 9.17) is 32.7 Å². The molecule has 1 saturated heterocycles. The molecule has 5 rings (SSSR count). The lowest BCUT2D eigenvalue weighted by atomic mass is 9.62. The number of hydrogen-bond donors (Lipinski definition) is 3. The second-order valence-electron chi connectivity index (χ2n) is 11.9. The normalized spacial score (nSPS) is 22.7. The van der Waals surface area contributed by atoms with Gasteiger partial charge in [-0.3, -0.25) is 9.59 Å². The van der Waals surface area contributed by atoms with E-state index in [2.05, 4.69) is 20.9 Å². The van der Waals surface area contributed by atoms with Crippen LogP contribution in [-0.2, 0) is 19.7 Å². The topological polar surface area (TPSA) is 119 Å². The average molecular weight is 630 g/mol. The minimum atomic E-state index is -1.45. The smallest absolute Gasteiger partial charge is 0.337 e. The first-order chi connectivity index (χ1) is 20.3. The lowest BCUT2D eigenvalue weighted by molar-refractivity contribution is -0.122. The highest BCUT2D eigenvalue weighted by molar-refractivity contribution is 6.31. The van der Waals surface area contributed by atoms with Gasteiger partial charge in [-0.2, -0.15) is 0 Å². The van der Waals surface area contributed by atoms with Gasteiger partial charge in [0.2, 0.25) is 11.8 Å². The number of carbonyl (C=O) groups excluding carboxylic acids is 3. The van der Waals surface area contributed by atoms with Crippen molar-refractivity contribution in [2.45, 2.75) is 50.6 Å². The van der Waals surface area contributed by atoms with Crippen LogP contribution >= 0.6 is 23.2 Å². The molecular weight excluding hydrogens is 598 g/mol. The Morgan fingerprint density at radius 3 is 2.56 bits per heavy atom. The van der Waals surface area contributed by atoms with Crippen LogP contribution in [0.4, 0.5) is 15.8 Å². The molecule has 0 radical (unpaired) electrons. The molecule has 3 N–H and O–H groups in total. The van der Waals surface area contributed by atoms with Gasteiger partial charge in [-0.05, 0) is 47.7 Å². The molecule has 226 valence electrons. The molecule has 0 saturated carbocycles. The second kappa shape index (κ2) is 11.4. The maximum absolute atomic E-state index is 15.9. The van der Waals surface area contributed by atoms with Crippen LogP contribution in [0.5, 0.6) is 5.75 Å². The van der Waals surface area contributed by atoms with E-state index < -0.39 is 47.0 Å². The summed E-state index contributed by atoms with van der Waals surface area (Å²) in [7, 11) is 2.66. The van der Waals surface area contributed by atoms with Crippen LogP contribution in [0.25, 0.3) is 0 Å². The maximum Gasteiger partial charge on any atom is 0.337 e. The molecule has 12 heteroatoms. The first-order valence-corrected chi connectivity index (χ1v) is 14.3. The molecular formula is C31H31Cl2FN4O5. The number of nitrogens with one attached hydrogen (secondary N) is 3. The fourth-order valence-corrected chi connectivity index (χ4v) is 6.62. The van der Waals surface area contributed by atoms with Crippen LogP contribution < -0.4 is 20.7 Å². The van der Waals surface area contributed by atoms with E-state index in [1.54, 1.807) is 12.1 Å². The summed E-state index contributed by atoms with van der Waals surface area (Å²) in [6.45, 7) is 6.06. The molecule has 3 heterocycles. The van der Waals surface area contributed by atoms with Gasteiger partial charge in [-0.25, -0.2) is 14.2 Å². The van der Waals surface area contributed by atoms with E-state index in [0.717, 1.165) is 0 Å². The molecule has 9 nitrogen and oxygen atoms in total. The van der Waals surface area contributed by atoms with Crippen molar-refractivity contribution in [3.05, 3.63) is 81.3 Å². The number of esters is 1. The zero-order valence-corrected chi connectivity index (χ0v) is 25.7. The van der Waals surface area contributed by atoms with Crippen LogP contribution in [0, 0.1) is 11.2 Å². The van der Waals surface area contributed by atoms with Gasteiger partial charge in [0.1, 0.15) is 22.1 Å². The van der Waals surface area contributed by atoms with Crippen LogP contribution in [0.1, 0.15) is 54.6 Å². The Balaban J connectivity index is 1.68. The largest absolute Gasteiger partial charge is 0.495 e. The number of carbonyl (C=O) groups is 3. The molecule has 2 aromatic carbocycles. The van der Waals surface area contributed by atoms with Crippen molar-refractivity contribution < 1.29 is 28.2 Å². The summed E-state index contributed by atoms with van der Waals surface area (Å²) in [5.74, 6) is -3.10. The minimum absolute atomic E-state index is 0.0995. The number of hydrogen-bond acceptors (Lipinski definition) is 7. The Bertz CT molecular complexity index is 1630. The van der Waals surface area contributed by atoms with E-state index in [1.807, 2.05) is 20.8 Å². The zero-order valence-electron chi connectivity index (χ0n) is 24.2. The Labute approximate surface area is 258 Å². The summed E-state index contributed by atoms with van der Waals surface area (Å²) in [6, 6.07) is 8.78. The first kappa shape index (κ1) is 30.7. The van der Waals surface area contributed by atoms with Gasteiger partial charge in [0.25, 0.3) is 0 Å². The van der Waals surface area contributed by atoms with Gasteiger partial charge in [0.05, 0.1) is 36.5 Å². The molecule has 2 aliphatic heterocycles. The third-order valence-electron chi connectivity index (χ3n) is 7.99. The van der Waals surface area contributed by atoms with Crippen molar-refractivity contribution in [3.63, 3.8) is 0 Å². The van der Waals surface area contributed by atoms with Crippen LogP contribution in [0.2, 0.25) is 10.2 Å². The molecule has 1 fully saturated rings. The second-order valence-corrected chi connectivity index (χ2v) is 12.6. The van der Waals surface area contributed by atoms with Crippen molar-refractivity contribution in [1.29, 1.82) is 0 Å². The molecule has 1 spiro atoms. The third-order valence-corrected chi connectivity index (χ3v) is 8.49. The van der Waals surface area contributed by atoms with Crippen LogP contribution in [-0.4, -0.2) is 49.1 Å². The lowest BCUT2D eigenvalue weighted by Crippen LogP contribution is -2.49. The van der Waals surface area contributed by atoms with Gasteiger partial charge < -0.3 is 25.4 Å². The lowest BCUT2D eigenvalue weighted by Gasteiger charge is -2.37. The van der Waals surface area contributed by atoms with Gasteiger partial charge in [0.15, 0.2) is 0 Å². The molecule has 43 heavy (non-hydrogen) atoms. The quantitative estimate of drug-likeness (QED) is 0.236. The fraction of sp³-hybridized carbons (Fsp3) is 0.355. The Morgan fingerprint density at radius 2 is 1.88 bits per heavy atom. The van der Waals surface area contributed by atoms with Gasteiger partial charge in [-0.15, -0.1) is 0 Å². The number of benzene rings is 2. The monoisotopic (exact) mass is 628 g/mol. The summed E-state index contributed by atoms with van der Waals surface area (Å²) in [5.41, 5.74) is -0.212. The molecule has 0 bridgehead atoms. The van der Waals surface area contributed by atoms with Gasteiger partial charge in [0, 0.05) is 29.4 Å². The van der Waals surface area contributed by atoms with Crippen molar-refractivity contribution in [1.82, 2.24) is 10.3 Å². The summed E-state index contributed by atoms with van der Waals surface area (Å²) in [5, 5.41) is 9.21. The molecule has 0 aliphatic carbocycles. The fourth-order valence-electron chi connectivity index (χ4n) is 6.28. The zero-order chi connectivity index (χ0) is 31.3. The molecule has 1 aromatic heterocycles. The highest BCUT2D eigenvalue weighted by atomic mass is 35.5. The highest BCUT2D eigenvalue weighted by Crippen LogP contribution is 2.57. The van der Waals surface area contributed by atoms with Crippen LogP contribution in [0.15, 0.2) is 48.7 Å². The number of fused-ring (bicyclic) bond motifs is 2. The summed E-state index contributed by atoms with van der Waals surface area (Å²) >= 11 is 12.4. The molecule has 4 atom stereocenters. The highest BCUT2D eigenvalue weighted by Gasteiger charge is 2.66. The van der Waals surface area contributed by atoms with E-state index >= 15 is 4.39 Å². The minimum Gasteiger partial charge on any atom is -0.495 e. The van der Waals surface area contributed by atoms with E-state index in [9.17, 15) is 14.4 Å². The standard InChI is InChI=1S/C31H31Cl2FN4O5/c1-30(2,3)13-22-31(17-14-35-23(33)12-20(17)37-29(31)41)24(16-7-6-8-18(32)25(16)34)26(38-22)27(39)36-19-10-9-15(28(40)43-5)11-21(19)42-4/h6-12,14,22,24,26,38H,13H2,1-5H3,(H,36,39)(H,37,41)/t22-,24-,26+,31+/m1/s1. The number of anilines is 2. The predicted octanol–water partition coefficient (Wildman–Crippen LogP) is 5.71. The van der Waals surface area contributed by atoms with Gasteiger partial charge in [-0.1, -0.05) is 56.1 Å². The Hall–Kier alpha value is -3.73. The molecule has 3 aromatic rings. The predicted molar refractivity (Wildman–Crippen MR) is 161 cm³/mol. The Morgan fingerprint density at radius 1 is 1.14 bits per heavy atom. The SMILES string of the molecule is COC(=O)c1ccc(NC(=O)[C@H]2N[C@H](CC(C)(C)C)[C@]3(C(=O)Nc4cc(Cl)ncc43)[C@@H]2c2cccc(Cl)c2F)c(OC)c1. The molecule has 0 unspecified atom stereocenters. The number of rotatable bonds is 6. The molecule has 2 amide bonds. The van der Waals surface area contributed by atoms with Crippen molar-refractivity contribution in [2.24, 2.45) is 5.41 Å². The number of nitrogens with zero attached hydrogens (tertiary/aromatic N) is 1. The van der Waals surface area contributed by atoms with E-state index in [-0.39, 0.29) is 38.2 Å². The first-order valence-electron chi connectivity index (χ1n) is 13.6. The van der Waals surface area contributed by atoms with Crippen molar-refractivity contribution in [2.75, 3.05) is 24.9 Å². The average Bonchev–Trinajstić information content (AvgIpc) is 3.43. The summed E-state index contributed by atoms with van der Waals surface area (Å²) < 4.78 is 26.2. The van der Waals surface area contributed by atoms with E-state index in [0.29, 0.717) is 17.7 Å². The molecule has 2 aliphatic rings. The number of halogens is 3. The maximum atomic E-state index is 15.9. The van der Waals surface area contributed by atoms with Gasteiger partial charge >= 0.3 is 5.97 Å². The number of ether oxygens (including phenoxy) is 2. The number of amides is 2. The summed E-state index contributed by atoms with van der Waals surface area (Å²) in [4.78, 5) is 44.8.